The highest BCUT2D eigenvalue weighted by Crippen LogP contribution is 2.36. The molecule has 1 aliphatic carbocycles. The molecule has 0 saturated heterocycles. The Bertz CT molecular complexity index is 1070. The van der Waals surface area contributed by atoms with Gasteiger partial charge in [-0.05, 0) is 62.4 Å². The van der Waals surface area contributed by atoms with Crippen molar-refractivity contribution in [3.8, 4) is 11.3 Å². The number of benzene rings is 1. The predicted octanol–water partition coefficient (Wildman–Crippen LogP) is 5.25. The number of aryl methyl sites for hydroxylation is 1. The van der Waals surface area contributed by atoms with Gasteiger partial charge in [-0.2, -0.15) is 5.10 Å². The normalized spacial score (nSPS) is 18.6. The fourth-order valence-corrected chi connectivity index (χ4v) is 4.91. The van der Waals surface area contributed by atoms with Crippen molar-refractivity contribution in [1.29, 1.82) is 0 Å². The highest BCUT2D eigenvalue weighted by Gasteiger charge is 2.32. The van der Waals surface area contributed by atoms with E-state index in [4.69, 9.17) is 0 Å². The number of carbonyl (C=O) groups is 1. The lowest BCUT2D eigenvalue weighted by atomic mass is 9.83. The second-order valence-electron chi connectivity index (χ2n) is 8.51. The Kier molecular flexibility index (Phi) is 4.49. The summed E-state index contributed by atoms with van der Waals surface area (Å²) in [6.07, 6.45) is 8.16. The molecule has 0 spiro atoms. The van der Waals surface area contributed by atoms with E-state index in [1.807, 2.05) is 36.2 Å². The van der Waals surface area contributed by atoms with Gasteiger partial charge in [-0.15, -0.1) is 0 Å². The predicted molar refractivity (Wildman–Crippen MR) is 115 cm³/mol. The van der Waals surface area contributed by atoms with Gasteiger partial charge in [-0.25, -0.2) is 4.79 Å². The number of hydrogen-bond donors (Lipinski definition) is 2. The van der Waals surface area contributed by atoms with Gasteiger partial charge >= 0.3 is 6.03 Å². The number of hydrogen-bond acceptors (Lipinski definition) is 3. The molecule has 2 N–H and O–H groups in total. The molecule has 6 heteroatoms. The second kappa shape index (κ2) is 7.17. The maximum atomic E-state index is 12.8. The first-order valence-corrected chi connectivity index (χ1v) is 10.6. The van der Waals surface area contributed by atoms with Crippen LogP contribution in [0.4, 0.5) is 10.5 Å². The second-order valence-corrected chi connectivity index (χ2v) is 8.51. The van der Waals surface area contributed by atoms with Crippen LogP contribution in [0, 0.1) is 12.8 Å². The number of anilines is 1. The molecule has 0 bridgehead atoms. The van der Waals surface area contributed by atoms with Crippen molar-refractivity contribution in [1.82, 2.24) is 20.1 Å². The molecule has 150 valence electrons. The number of nitrogens with one attached hydrogen (secondary N) is 2. The number of aromatic nitrogens is 3. The first-order valence-electron chi connectivity index (χ1n) is 10.6. The SMILES string of the molecule is Cc1cc(-c2n[nH]c3cc4c(cc23)CN(C(C)C2CCCCC2)C(=O)N4)ccn1. The average Bonchev–Trinajstić information content (AvgIpc) is 3.14. The number of fused-ring (bicyclic) bond motifs is 2. The van der Waals surface area contributed by atoms with Gasteiger partial charge in [0.2, 0.25) is 0 Å². The van der Waals surface area contributed by atoms with Gasteiger partial charge in [-0.1, -0.05) is 19.3 Å². The van der Waals surface area contributed by atoms with Crippen molar-refractivity contribution in [3.63, 3.8) is 0 Å². The van der Waals surface area contributed by atoms with Gasteiger partial charge in [0.15, 0.2) is 0 Å². The van der Waals surface area contributed by atoms with Crippen LogP contribution in [0.15, 0.2) is 30.5 Å². The summed E-state index contributed by atoms with van der Waals surface area (Å²) in [7, 11) is 0. The number of nitrogens with zero attached hydrogens (tertiary/aromatic N) is 3. The van der Waals surface area contributed by atoms with E-state index in [9.17, 15) is 4.79 Å². The van der Waals surface area contributed by atoms with Gasteiger partial charge in [0.05, 0.1) is 5.52 Å². The minimum absolute atomic E-state index is 0.0134. The van der Waals surface area contributed by atoms with E-state index < -0.39 is 0 Å². The van der Waals surface area contributed by atoms with Crippen LogP contribution in [0.2, 0.25) is 0 Å². The zero-order chi connectivity index (χ0) is 20.0. The topological polar surface area (TPSA) is 73.9 Å². The Morgan fingerprint density at radius 3 is 2.79 bits per heavy atom. The summed E-state index contributed by atoms with van der Waals surface area (Å²) in [6.45, 7) is 4.84. The number of pyridine rings is 1. The van der Waals surface area contributed by atoms with Gasteiger partial charge in [-0.3, -0.25) is 10.1 Å². The Balaban J connectivity index is 1.49. The zero-order valence-corrected chi connectivity index (χ0v) is 17.0. The highest BCUT2D eigenvalue weighted by molar-refractivity contribution is 6.00. The summed E-state index contributed by atoms with van der Waals surface area (Å²) in [5, 5.41) is 11.9. The van der Waals surface area contributed by atoms with Gasteiger partial charge < -0.3 is 10.2 Å². The number of carbonyl (C=O) groups excluding carboxylic acids is 1. The minimum Gasteiger partial charge on any atom is -0.317 e. The molecule has 3 heterocycles. The van der Waals surface area contributed by atoms with Gasteiger partial charge in [0.1, 0.15) is 5.69 Å². The standard InChI is InChI=1S/C23H27N5O/c1-14-10-17(8-9-24-14)22-19-11-18-13-28(15(2)16-6-4-3-5-7-16)23(29)25-20(18)12-21(19)26-27-22/h8-12,15-16H,3-7,13H2,1-2H3,(H,25,29)(H,26,27). The molecule has 1 atom stereocenters. The van der Waals surface area contributed by atoms with Crippen LogP contribution in [0.25, 0.3) is 22.2 Å². The number of H-pyrrole nitrogens is 1. The third-order valence-corrected chi connectivity index (χ3v) is 6.62. The van der Waals surface area contributed by atoms with Crippen molar-refractivity contribution in [2.24, 2.45) is 5.92 Å². The molecule has 5 rings (SSSR count). The van der Waals surface area contributed by atoms with Crippen molar-refractivity contribution in [2.75, 3.05) is 5.32 Å². The van der Waals surface area contributed by atoms with Crippen molar-refractivity contribution in [2.45, 2.75) is 58.5 Å². The Morgan fingerprint density at radius 1 is 1.17 bits per heavy atom. The number of urea groups is 1. The van der Waals surface area contributed by atoms with E-state index >= 15 is 0 Å². The van der Waals surface area contributed by atoms with E-state index in [1.165, 1.54) is 32.1 Å². The molecule has 1 saturated carbocycles. The number of aromatic amines is 1. The lowest BCUT2D eigenvalue weighted by molar-refractivity contribution is 0.141. The summed E-state index contributed by atoms with van der Waals surface area (Å²) in [5.74, 6) is 0.601. The molecule has 3 aromatic rings. The van der Waals surface area contributed by atoms with Crippen LogP contribution in [-0.2, 0) is 6.54 Å². The summed E-state index contributed by atoms with van der Waals surface area (Å²) in [5.41, 5.74) is 5.91. The maximum absolute atomic E-state index is 12.8. The lowest BCUT2D eigenvalue weighted by Crippen LogP contribution is -2.47. The van der Waals surface area contributed by atoms with Crippen LogP contribution in [0.3, 0.4) is 0 Å². The summed E-state index contributed by atoms with van der Waals surface area (Å²) in [6, 6.07) is 8.50. The molecule has 2 aromatic heterocycles. The molecule has 2 amide bonds. The average molecular weight is 390 g/mol. The fraction of sp³-hybridized carbons (Fsp3) is 0.435. The monoisotopic (exact) mass is 389 g/mol. The smallest absolute Gasteiger partial charge is 0.317 e. The van der Waals surface area contributed by atoms with Crippen LogP contribution in [0.1, 0.15) is 50.3 Å². The van der Waals surface area contributed by atoms with E-state index in [0.717, 1.165) is 39.1 Å². The van der Waals surface area contributed by atoms with Crippen LogP contribution < -0.4 is 5.32 Å². The quantitative estimate of drug-likeness (QED) is 0.642. The Hall–Kier alpha value is -2.89. The first-order chi connectivity index (χ1) is 14.1. The minimum atomic E-state index is 0.0134. The first kappa shape index (κ1) is 18.2. The molecule has 0 radical (unpaired) electrons. The molecule has 1 fully saturated rings. The van der Waals surface area contributed by atoms with Crippen LogP contribution >= 0.6 is 0 Å². The fourth-order valence-electron chi connectivity index (χ4n) is 4.91. The van der Waals surface area contributed by atoms with Crippen LogP contribution in [0.5, 0.6) is 0 Å². The molecular formula is C23H27N5O. The van der Waals surface area contributed by atoms with Crippen molar-refractivity contribution >= 4 is 22.6 Å². The summed E-state index contributed by atoms with van der Waals surface area (Å²) in [4.78, 5) is 19.1. The van der Waals surface area contributed by atoms with Crippen molar-refractivity contribution < 1.29 is 4.79 Å². The number of rotatable bonds is 3. The maximum Gasteiger partial charge on any atom is 0.322 e. The molecular weight excluding hydrogens is 362 g/mol. The van der Waals surface area contributed by atoms with Gasteiger partial charge in [0, 0.05) is 41.1 Å². The third kappa shape index (κ3) is 3.26. The highest BCUT2D eigenvalue weighted by atomic mass is 16.2. The number of amides is 2. The zero-order valence-electron chi connectivity index (χ0n) is 17.0. The van der Waals surface area contributed by atoms with Crippen LogP contribution in [-0.4, -0.2) is 32.2 Å². The van der Waals surface area contributed by atoms with E-state index in [0.29, 0.717) is 12.5 Å². The molecule has 1 aromatic carbocycles. The summed E-state index contributed by atoms with van der Waals surface area (Å²) >= 11 is 0. The molecule has 2 aliphatic rings. The van der Waals surface area contributed by atoms with Crippen molar-refractivity contribution in [3.05, 3.63) is 41.7 Å². The summed E-state index contributed by atoms with van der Waals surface area (Å²) < 4.78 is 0. The van der Waals surface area contributed by atoms with E-state index in [2.05, 4.69) is 33.5 Å². The Labute approximate surface area is 170 Å². The molecule has 1 unspecified atom stereocenters. The molecule has 6 nitrogen and oxygen atoms in total. The Morgan fingerprint density at radius 2 is 2.00 bits per heavy atom. The van der Waals surface area contributed by atoms with Gasteiger partial charge in [0.25, 0.3) is 0 Å². The lowest BCUT2D eigenvalue weighted by Gasteiger charge is -2.39. The van der Waals surface area contributed by atoms with E-state index in [1.54, 1.807) is 0 Å². The van der Waals surface area contributed by atoms with E-state index in [-0.39, 0.29) is 12.1 Å². The largest absolute Gasteiger partial charge is 0.322 e. The molecule has 29 heavy (non-hydrogen) atoms. The third-order valence-electron chi connectivity index (χ3n) is 6.62. The molecule has 1 aliphatic heterocycles.